The molecular formula is C28H35NO4S2. The Balaban J connectivity index is 0.000000211. The first-order valence-electron chi connectivity index (χ1n) is 11.7. The predicted octanol–water partition coefficient (Wildman–Crippen LogP) is 6.83. The Hall–Kier alpha value is -2.16. The van der Waals surface area contributed by atoms with E-state index in [1.165, 1.54) is 17.7 Å². The molecule has 1 heterocycles. The van der Waals surface area contributed by atoms with Crippen molar-refractivity contribution in [1.82, 2.24) is 5.32 Å². The van der Waals surface area contributed by atoms with Crippen molar-refractivity contribution >= 4 is 32.7 Å². The van der Waals surface area contributed by atoms with Crippen molar-refractivity contribution in [2.75, 3.05) is 13.6 Å². The molecule has 3 aromatic rings. The number of hydrogen-bond acceptors (Lipinski definition) is 5. The minimum atomic E-state index is -4.09. The molecule has 7 heteroatoms. The fourth-order valence-electron chi connectivity index (χ4n) is 3.94. The van der Waals surface area contributed by atoms with Crippen molar-refractivity contribution in [2.24, 2.45) is 5.41 Å². The zero-order chi connectivity index (χ0) is 25.5. The molecule has 35 heavy (non-hydrogen) atoms. The Bertz CT molecular complexity index is 1230. The fraction of sp³-hybridized carbons (Fsp3) is 0.357. The maximum atomic E-state index is 10.8. The Kier molecular flexibility index (Phi) is 9.18. The molecule has 0 fully saturated rings. The van der Waals surface area contributed by atoms with E-state index in [0.29, 0.717) is 0 Å². The summed E-state index contributed by atoms with van der Waals surface area (Å²) in [6.45, 7) is 7.77. The van der Waals surface area contributed by atoms with Crippen molar-refractivity contribution in [3.63, 3.8) is 0 Å². The minimum absolute atomic E-state index is 0.0730. The number of benzene rings is 3. The average molecular weight is 514 g/mol. The van der Waals surface area contributed by atoms with E-state index in [1.807, 2.05) is 37.0 Å². The van der Waals surface area contributed by atoms with Gasteiger partial charge in [0.25, 0.3) is 10.1 Å². The monoisotopic (exact) mass is 513 g/mol. The Morgan fingerprint density at radius 3 is 2.26 bits per heavy atom. The largest absolute Gasteiger partial charge is 0.355 e. The van der Waals surface area contributed by atoms with Crippen molar-refractivity contribution in [2.45, 2.75) is 49.5 Å². The van der Waals surface area contributed by atoms with Crippen LogP contribution in [0, 0.1) is 5.41 Å². The van der Waals surface area contributed by atoms with Crippen molar-refractivity contribution < 1.29 is 17.7 Å². The first-order chi connectivity index (χ1) is 16.6. The van der Waals surface area contributed by atoms with Crippen LogP contribution in [-0.4, -0.2) is 31.5 Å². The molecule has 2 N–H and O–H groups in total. The highest BCUT2D eigenvalue weighted by Crippen LogP contribution is 2.52. The van der Waals surface area contributed by atoms with Crippen molar-refractivity contribution in [1.29, 1.82) is 0 Å². The Morgan fingerprint density at radius 2 is 1.69 bits per heavy atom. The maximum absolute atomic E-state index is 10.8. The van der Waals surface area contributed by atoms with Gasteiger partial charge in [0.05, 0.1) is 11.0 Å². The normalized spacial score (nSPS) is 18.8. The van der Waals surface area contributed by atoms with Crippen LogP contribution in [0.3, 0.4) is 0 Å². The summed E-state index contributed by atoms with van der Waals surface area (Å²) in [7, 11) is -2.10. The maximum Gasteiger partial charge on any atom is 0.294 e. The predicted molar refractivity (Wildman–Crippen MR) is 146 cm³/mol. The third kappa shape index (κ3) is 7.18. The SMILES string of the molecule is CNCC[C@H](OC1(C(C)(C)C)CC=CS1)c1ccccc1.O=S(=O)(O)c1ccc2ccccc2c1. The summed E-state index contributed by atoms with van der Waals surface area (Å²) < 4.78 is 37.2. The fourth-order valence-corrected chi connectivity index (χ4v) is 5.59. The van der Waals surface area contributed by atoms with E-state index in [0.717, 1.165) is 30.2 Å². The molecule has 1 aliphatic rings. The number of ether oxygens (including phenoxy) is 1. The van der Waals surface area contributed by atoms with Crippen molar-refractivity contribution in [3.05, 3.63) is 89.8 Å². The van der Waals surface area contributed by atoms with Gasteiger partial charge in [0.15, 0.2) is 0 Å². The second-order valence-electron chi connectivity index (χ2n) is 9.59. The van der Waals surface area contributed by atoms with Crippen LogP contribution < -0.4 is 5.32 Å². The first kappa shape index (κ1) is 27.4. The van der Waals surface area contributed by atoms with E-state index in [9.17, 15) is 8.42 Å². The molecule has 0 saturated carbocycles. The van der Waals surface area contributed by atoms with Crippen molar-refractivity contribution in [3.8, 4) is 0 Å². The van der Waals surface area contributed by atoms with Crippen LogP contribution in [0.25, 0.3) is 10.8 Å². The Morgan fingerprint density at radius 1 is 1.03 bits per heavy atom. The number of thioether (sulfide) groups is 1. The smallest absolute Gasteiger partial charge is 0.294 e. The zero-order valence-corrected chi connectivity index (χ0v) is 22.4. The van der Waals surface area contributed by atoms with E-state index >= 15 is 0 Å². The number of rotatable bonds is 7. The summed E-state index contributed by atoms with van der Waals surface area (Å²) in [5.41, 5.74) is 1.36. The highest BCUT2D eigenvalue weighted by Gasteiger charge is 2.46. The van der Waals surface area contributed by atoms with Gasteiger partial charge in [-0.3, -0.25) is 4.55 Å². The van der Waals surface area contributed by atoms with Crippen LogP contribution in [0.15, 0.2) is 89.2 Å². The third-order valence-electron chi connectivity index (χ3n) is 6.06. The van der Waals surface area contributed by atoms with Gasteiger partial charge in [0.2, 0.25) is 0 Å². The van der Waals surface area contributed by atoms with Gasteiger partial charge in [-0.25, -0.2) is 0 Å². The van der Waals surface area contributed by atoms with Crippen LogP contribution in [0.1, 0.15) is 45.3 Å². The van der Waals surface area contributed by atoms with Gasteiger partial charge in [-0.1, -0.05) is 99.3 Å². The molecule has 0 amide bonds. The molecule has 0 radical (unpaired) electrons. The van der Waals surface area contributed by atoms with Crippen LogP contribution >= 0.6 is 11.8 Å². The summed E-state index contributed by atoms with van der Waals surface area (Å²) in [6, 6.07) is 22.4. The lowest BCUT2D eigenvalue weighted by molar-refractivity contribution is -0.0924. The minimum Gasteiger partial charge on any atom is -0.355 e. The molecule has 1 aliphatic heterocycles. The Labute approximate surface area is 213 Å². The van der Waals surface area contributed by atoms with Crippen LogP contribution in [-0.2, 0) is 14.9 Å². The standard InChI is InChI=1S/C18H27NOS.C10H8O3S/c1-17(2,3)18(12-8-14-21-18)20-16(11-13-19-4)15-9-6-5-7-10-15;11-14(12,13)10-6-5-8-3-1-2-4-9(8)7-10/h5-10,14,16,19H,11-13H2,1-4H3;1-7H,(H,11,12,13)/t16-,18?;/m0./s1. The highest BCUT2D eigenvalue weighted by molar-refractivity contribution is 8.03. The lowest BCUT2D eigenvalue weighted by Crippen LogP contribution is -2.41. The molecule has 2 atom stereocenters. The quantitative estimate of drug-likeness (QED) is 0.337. The van der Waals surface area contributed by atoms with Crippen LogP contribution in [0.4, 0.5) is 0 Å². The van der Waals surface area contributed by atoms with E-state index in [-0.39, 0.29) is 21.3 Å². The van der Waals surface area contributed by atoms with Crippen LogP contribution in [0.2, 0.25) is 0 Å². The number of nitrogens with one attached hydrogen (secondary N) is 1. The topological polar surface area (TPSA) is 75.6 Å². The van der Waals surface area contributed by atoms with E-state index in [1.54, 1.807) is 12.1 Å². The molecule has 3 aromatic carbocycles. The molecule has 0 aromatic heterocycles. The van der Waals surface area contributed by atoms with Crippen LogP contribution in [0.5, 0.6) is 0 Å². The second-order valence-corrected chi connectivity index (χ2v) is 12.2. The van der Waals surface area contributed by atoms with Gasteiger partial charge in [-0.15, -0.1) is 0 Å². The van der Waals surface area contributed by atoms with Gasteiger partial charge in [-0.05, 0) is 53.9 Å². The number of hydrogen-bond donors (Lipinski definition) is 2. The molecule has 0 spiro atoms. The summed E-state index contributed by atoms with van der Waals surface area (Å²) in [5, 5.41) is 7.17. The number of fused-ring (bicyclic) bond motifs is 1. The molecule has 0 aliphatic carbocycles. The molecule has 0 saturated heterocycles. The molecule has 4 rings (SSSR count). The first-order valence-corrected chi connectivity index (χ1v) is 14.0. The third-order valence-corrected chi connectivity index (χ3v) is 8.50. The zero-order valence-electron chi connectivity index (χ0n) is 20.8. The van der Waals surface area contributed by atoms with E-state index in [2.05, 4.69) is 67.9 Å². The molecule has 5 nitrogen and oxygen atoms in total. The summed E-state index contributed by atoms with van der Waals surface area (Å²) in [6.07, 6.45) is 4.32. The lowest BCUT2D eigenvalue weighted by Gasteiger charge is -2.43. The van der Waals surface area contributed by atoms with Gasteiger partial charge >= 0.3 is 0 Å². The molecule has 188 valence electrons. The summed E-state index contributed by atoms with van der Waals surface area (Å²) in [4.78, 5) is -0.238. The molecular weight excluding hydrogens is 478 g/mol. The van der Waals surface area contributed by atoms with E-state index < -0.39 is 10.1 Å². The van der Waals surface area contributed by atoms with E-state index in [4.69, 9.17) is 9.29 Å². The van der Waals surface area contributed by atoms with Gasteiger partial charge in [0, 0.05) is 11.8 Å². The van der Waals surface area contributed by atoms with Gasteiger partial charge in [0.1, 0.15) is 4.93 Å². The second kappa shape index (κ2) is 11.7. The highest BCUT2D eigenvalue weighted by atomic mass is 32.2. The summed E-state index contributed by atoms with van der Waals surface area (Å²) in [5.74, 6) is 0. The average Bonchev–Trinajstić information content (AvgIpc) is 3.32. The lowest BCUT2D eigenvalue weighted by atomic mass is 9.86. The van der Waals surface area contributed by atoms with Gasteiger partial charge in [-0.2, -0.15) is 8.42 Å². The molecule has 0 bridgehead atoms. The molecule has 1 unspecified atom stereocenters. The summed E-state index contributed by atoms with van der Waals surface area (Å²) >= 11 is 1.83. The van der Waals surface area contributed by atoms with Gasteiger partial charge < -0.3 is 10.1 Å².